The summed E-state index contributed by atoms with van der Waals surface area (Å²) in [6, 6.07) is 7.58. The Hall–Kier alpha value is -1.66. The first-order valence-corrected chi connectivity index (χ1v) is 11.2. The number of nitrogens with zero attached hydrogens (tertiary/aromatic N) is 2. The molecule has 0 amide bonds. The van der Waals surface area contributed by atoms with Gasteiger partial charge >= 0.3 is 0 Å². The summed E-state index contributed by atoms with van der Waals surface area (Å²) in [4.78, 5) is 7.32. The molecular weight excluding hydrogens is 367 g/mol. The predicted octanol–water partition coefficient (Wildman–Crippen LogP) is 3.30. The molecule has 2 fully saturated rings. The van der Waals surface area contributed by atoms with Gasteiger partial charge in [-0.1, -0.05) is 18.2 Å². The Morgan fingerprint density at radius 1 is 1.28 bits per heavy atom. The van der Waals surface area contributed by atoms with Crippen LogP contribution in [0.2, 0.25) is 0 Å². The Kier molecular flexibility index (Phi) is 7.90. The van der Waals surface area contributed by atoms with Crippen molar-refractivity contribution in [2.45, 2.75) is 64.0 Å². The number of hydrogen-bond acceptors (Lipinski definition) is 3. The summed E-state index contributed by atoms with van der Waals surface area (Å²) >= 11 is 0. The fourth-order valence-electron chi connectivity index (χ4n) is 4.02. The van der Waals surface area contributed by atoms with E-state index in [1.165, 1.54) is 0 Å². The van der Waals surface area contributed by atoms with Crippen molar-refractivity contribution in [3.05, 3.63) is 35.6 Å². The molecule has 0 spiro atoms. The minimum absolute atomic E-state index is 0.105. The summed E-state index contributed by atoms with van der Waals surface area (Å²) < 4.78 is 19.9. The molecule has 5 nitrogen and oxygen atoms in total. The Morgan fingerprint density at radius 3 is 2.62 bits per heavy atom. The zero-order chi connectivity index (χ0) is 20.7. The molecule has 1 heterocycles. The molecule has 162 valence electrons. The van der Waals surface area contributed by atoms with Gasteiger partial charge in [-0.15, -0.1) is 0 Å². The number of likely N-dealkylation sites (tertiary alicyclic amines) is 1. The standard InChI is InChI=1S/C23H37FN4O/c1-4-25-22(26-17-23(11-12-23)20-7-5-6-8-21(20)24)27-19-9-13-28(14-10-19)15-16-29-18(2)3/h5-8,18-19H,4,9-17H2,1-3H3,(H2,25,26,27). The van der Waals surface area contributed by atoms with E-state index < -0.39 is 0 Å². The molecule has 29 heavy (non-hydrogen) atoms. The molecule has 2 aliphatic rings. The first-order valence-electron chi connectivity index (χ1n) is 11.2. The van der Waals surface area contributed by atoms with Crippen LogP contribution in [0, 0.1) is 5.82 Å². The summed E-state index contributed by atoms with van der Waals surface area (Å²) in [5.74, 6) is 0.753. The van der Waals surface area contributed by atoms with E-state index >= 15 is 0 Å². The van der Waals surface area contributed by atoms with Crippen molar-refractivity contribution in [1.82, 2.24) is 15.5 Å². The first kappa shape index (κ1) is 22.0. The van der Waals surface area contributed by atoms with Crippen molar-refractivity contribution >= 4 is 5.96 Å². The van der Waals surface area contributed by atoms with E-state index in [1.54, 1.807) is 12.1 Å². The molecular formula is C23H37FN4O. The smallest absolute Gasteiger partial charge is 0.191 e. The number of piperidine rings is 1. The van der Waals surface area contributed by atoms with Gasteiger partial charge in [-0.3, -0.25) is 4.99 Å². The van der Waals surface area contributed by atoms with Gasteiger partial charge in [0.1, 0.15) is 5.82 Å². The van der Waals surface area contributed by atoms with Crippen LogP contribution in [-0.2, 0) is 10.2 Å². The molecule has 0 radical (unpaired) electrons. The monoisotopic (exact) mass is 404 g/mol. The van der Waals surface area contributed by atoms with Gasteiger partial charge in [0, 0.05) is 37.6 Å². The van der Waals surface area contributed by atoms with Crippen molar-refractivity contribution < 1.29 is 9.13 Å². The number of benzene rings is 1. The summed E-state index contributed by atoms with van der Waals surface area (Å²) in [5, 5.41) is 6.97. The van der Waals surface area contributed by atoms with E-state index in [-0.39, 0.29) is 11.2 Å². The van der Waals surface area contributed by atoms with Crippen LogP contribution < -0.4 is 10.6 Å². The highest BCUT2D eigenvalue weighted by Crippen LogP contribution is 2.49. The van der Waals surface area contributed by atoms with E-state index in [2.05, 4.69) is 36.3 Å². The van der Waals surface area contributed by atoms with Crippen LogP contribution in [0.25, 0.3) is 0 Å². The summed E-state index contributed by atoms with van der Waals surface area (Å²) in [6.07, 6.45) is 4.52. The Balaban J connectivity index is 1.50. The van der Waals surface area contributed by atoms with Crippen molar-refractivity contribution in [3.8, 4) is 0 Å². The number of ether oxygens (including phenoxy) is 1. The molecule has 0 bridgehead atoms. The number of rotatable bonds is 9. The van der Waals surface area contributed by atoms with E-state index in [0.29, 0.717) is 18.7 Å². The zero-order valence-electron chi connectivity index (χ0n) is 18.2. The van der Waals surface area contributed by atoms with Gasteiger partial charge in [-0.05, 0) is 58.1 Å². The second-order valence-electron chi connectivity index (χ2n) is 8.64. The lowest BCUT2D eigenvalue weighted by atomic mass is 9.95. The third-order valence-corrected chi connectivity index (χ3v) is 5.97. The molecule has 1 saturated heterocycles. The summed E-state index contributed by atoms with van der Waals surface area (Å²) in [7, 11) is 0. The fourth-order valence-corrected chi connectivity index (χ4v) is 4.02. The van der Waals surface area contributed by atoms with Gasteiger partial charge in [0.25, 0.3) is 0 Å². The molecule has 0 aromatic heterocycles. The molecule has 0 atom stereocenters. The third-order valence-electron chi connectivity index (χ3n) is 5.97. The van der Waals surface area contributed by atoms with Crippen molar-refractivity contribution in [3.63, 3.8) is 0 Å². The number of aliphatic imine (C=N–C) groups is 1. The highest BCUT2D eigenvalue weighted by molar-refractivity contribution is 5.80. The largest absolute Gasteiger partial charge is 0.377 e. The van der Waals surface area contributed by atoms with E-state index in [4.69, 9.17) is 9.73 Å². The fraction of sp³-hybridized carbons (Fsp3) is 0.696. The Labute approximate surface area is 175 Å². The van der Waals surface area contributed by atoms with E-state index in [0.717, 1.165) is 70.0 Å². The van der Waals surface area contributed by atoms with Crippen molar-refractivity contribution in [1.29, 1.82) is 0 Å². The Morgan fingerprint density at radius 2 is 2.00 bits per heavy atom. The lowest BCUT2D eigenvalue weighted by Gasteiger charge is -2.33. The van der Waals surface area contributed by atoms with Gasteiger partial charge in [0.05, 0.1) is 19.3 Å². The van der Waals surface area contributed by atoms with Gasteiger partial charge in [-0.2, -0.15) is 0 Å². The maximum atomic E-state index is 14.2. The highest BCUT2D eigenvalue weighted by atomic mass is 19.1. The topological polar surface area (TPSA) is 48.9 Å². The maximum absolute atomic E-state index is 14.2. The zero-order valence-corrected chi connectivity index (χ0v) is 18.2. The highest BCUT2D eigenvalue weighted by Gasteiger charge is 2.45. The Bertz CT molecular complexity index is 667. The van der Waals surface area contributed by atoms with Crippen LogP contribution in [-0.4, -0.2) is 62.3 Å². The van der Waals surface area contributed by atoms with Crippen LogP contribution in [0.4, 0.5) is 4.39 Å². The predicted molar refractivity (Wildman–Crippen MR) is 117 cm³/mol. The molecule has 1 saturated carbocycles. The summed E-state index contributed by atoms with van der Waals surface area (Å²) in [5.41, 5.74) is 0.699. The van der Waals surface area contributed by atoms with Crippen LogP contribution in [0.5, 0.6) is 0 Å². The molecule has 1 aromatic carbocycles. The minimum Gasteiger partial charge on any atom is -0.377 e. The SMILES string of the molecule is CCNC(=NCC1(c2ccccc2F)CC1)NC1CCN(CCOC(C)C)CC1. The van der Waals surface area contributed by atoms with E-state index in [1.807, 2.05) is 12.1 Å². The van der Waals surface area contributed by atoms with E-state index in [9.17, 15) is 4.39 Å². The number of hydrogen-bond donors (Lipinski definition) is 2. The van der Waals surface area contributed by atoms with Crippen LogP contribution in [0.15, 0.2) is 29.3 Å². The number of guanidine groups is 1. The molecule has 3 rings (SSSR count). The normalized spacial score (nSPS) is 20.1. The van der Waals surface area contributed by atoms with Gasteiger partial charge in [-0.25, -0.2) is 4.39 Å². The molecule has 1 aliphatic heterocycles. The van der Waals surface area contributed by atoms with Crippen molar-refractivity contribution in [2.24, 2.45) is 4.99 Å². The van der Waals surface area contributed by atoms with Gasteiger partial charge in [0.2, 0.25) is 0 Å². The first-order chi connectivity index (χ1) is 14.0. The maximum Gasteiger partial charge on any atom is 0.191 e. The van der Waals surface area contributed by atoms with Crippen LogP contribution in [0.3, 0.4) is 0 Å². The molecule has 1 aromatic rings. The second kappa shape index (κ2) is 10.4. The molecule has 0 unspecified atom stereocenters. The molecule has 2 N–H and O–H groups in total. The third kappa shape index (κ3) is 6.41. The lowest BCUT2D eigenvalue weighted by molar-refractivity contribution is 0.0532. The average Bonchev–Trinajstić information content (AvgIpc) is 3.49. The van der Waals surface area contributed by atoms with Gasteiger partial charge < -0.3 is 20.3 Å². The van der Waals surface area contributed by atoms with Crippen molar-refractivity contribution in [2.75, 3.05) is 39.3 Å². The number of halogens is 1. The minimum atomic E-state index is -0.118. The molecule has 1 aliphatic carbocycles. The van der Waals surface area contributed by atoms with Crippen LogP contribution >= 0.6 is 0 Å². The number of nitrogens with one attached hydrogen (secondary N) is 2. The van der Waals surface area contributed by atoms with Crippen LogP contribution in [0.1, 0.15) is 52.0 Å². The quantitative estimate of drug-likeness (QED) is 0.490. The summed E-state index contributed by atoms with van der Waals surface area (Å²) in [6.45, 7) is 11.7. The lowest BCUT2D eigenvalue weighted by Crippen LogP contribution is -2.49. The van der Waals surface area contributed by atoms with Gasteiger partial charge in [0.15, 0.2) is 5.96 Å². The molecule has 6 heteroatoms. The second-order valence-corrected chi connectivity index (χ2v) is 8.64. The average molecular weight is 405 g/mol.